The summed E-state index contributed by atoms with van der Waals surface area (Å²) in [5.41, 5.74) is 0. The van der Waals surface area contributed by atoms with Gasteiger partial charge < -0.3 is 5.11 Å². The highest BCUT2D eigenvalue weighted by Gasteiger charge is 2.10. The van der Waals surface area contributed by atoms with Crippen LogP contribution in [0.3, 0.4) is 0 Å². The van der Waals surface area contributed by atoms with E-state index < -0.39 is 16.0 Å². The van der Waals surface area contributed by atoms with Crippen LogP contribution < -0.4 is 4.72 Å². The smallest absolute Gasteiger partial charge is 0.303 e. The minimum Gasteiger partial charge on any atom is -0.481 e. The normalized spacial score (nSPS) is 11.9. The third kappa shape index (κ3) is 9.68. The zero-order chi connectivity index (χ0) is 11.9. The number of nitrogens with one attached hydrogen (secondary N) is 1. The highest BCUT2D eigenvalue weighted by atomic mass is 32.2. The van der Waals surface area contributed by atoms with E-state index in [2.05, 4.69) is 4.72 Å². The van der Waals surface area contributed by atoms with E-state index in [4.69, 9.17) is 5.11 Å². The zero-order valence-corrected chi connectivity index (χ0v) is 10.0. The minimum absolute atomic E-state index is 0.00724. The lowest BCUT2D eigenvalue weighted by molar-refractivity contribution is -0.137. The molecule has 0 aliphatic heterocycles. The summed E-state index contributed by atoms with van der Waals surface area (Å²) in [6, 6.07) is 0. The minimum atomic E-state index is -3.22. The molecule has 0 unspecified atom stereocenters. The summed E-state index contributed by atoms with van der Waals surface area (Å²) < 4.78 is 25.0. The molecule has 5 nitrogen and oxygen atoms in total. The monoisotopic (exact) mass is 237 g/mol. The molecule has 0 amide bonds. The quantitative estimate of drug-likeness (QED) is 0.612. The summed E-state index contributed by atoms with van der Waals surface area (Å²) in [4.78, 5) is 10.2. The standard InChI is InChI=1S/C9H19NO4S/c1-8(2)5-7-15(13,14)10-6-3-4-9(11)12/h8,10H,3-7H2,1-2H3,(H,11,12). The average Bonchev–Trinajstić information content (AvgIpc) is 2.09. The third-order valence-corrected chi connectivity index (χ3v) is 3.27. The van der Waals surface area contributed by atoms with Crippen molar-refractivity contribution in [2.45, 2.75) is 33.1 Å². The topological polar surface area (TPSA) is 83.5 Å². The predicted octanol–water partition coefficient (Wildman–Crippen LogP) is 0.817. The number of rotatable bonds is 8. The van der Waals surface area contributed by atoms with Gasteiger partial charge in [-0.1, -0.05) is 13.8 Å². The molecule has 0 fully saturated rings. The fourth-order valence-corrected chi connectivity index (χ4v) is 2.31. The Morgan fingerprint density at radius 2 is 2.00 bits per heavy atom. The molecular formula is C9H19NO4S. The maximum Gasteiger partial charge on any atom is 0.303 e. The van der Waals surface area contributed by atoms with Crippen molar-refractivity contribution in [2.24, 2.45) is 5.92 Å². The molecule has 0 saturated carbocycles. The summed E-state index contributed by atoms with van der Waals surface area (Å²) in [6.07, 6.45) is 0.942. The highest BCUT2D eigenvalue weighted by Crippen LogP contribution is 2.01. The van der Waals surface area contributed by atoms with Crippen LogP contribution >= 0.6 is 0 Å². The largest absolute Gasteiger partial charge is 0.481 e. The van der Waals surface area contributed by atoms with Gasteiger partial charge >= 0.3 is 5.97 Å². The van der Waals surface area contributed by atoms with Gasteiger partial charge in [0.15, 0.2) is 0 Å². The van der Waals surface area contributed by atoms with Gasteiger partial charge in [-0.15, -0.1) is 0 Å². The molecule has 0 aromatic rings. The molecule has 15 heavy (non-hydrogen) atoms. The van der Waals surface area contributed by atoms with Crippen LogP contribution in [0.1, 0.15) is 33.1 Å². The first-order valence-corrected chi connectivity index (χ1v) is 6.68. The number of carboxylic acids is 1. The Hall–Kier alpha value is -0.620. The molecule has 0 aromatic carbocycles. The first-order valence-electron chi connectivity index (χ1n) is 5.02. The number of carbonyl (C=O) groups is 1. The molecule has 0 heterocycles. The van der Waals surface area contributed by atoms with Crippen molar-refractivity contribution in [2.75, 3.05) is 12.3 Å². The van der Waals surface area contributed by atoms with Crippen LogP contribution in [0.25, 0.3) is 0 Å². The summed E-state index contributed by atoms with van der Waals surface area (Å²) >= 11 is 0. The van der Waals surface area contributed by atoms with Gasteiger partial charge in [-0.25, -0.2) is 13.1 Å². The zero-order valence-electron chi connectivity index (χ0n) is 9.19. The fourth-order valence-electron chi connectivity index (χ4n) is 0.930. The van der Waals surface area contributed by atoms with Crippen molar-refractivity contribution in [1.29, 1.82) is 0 Å². The van der Waals surface area contributed by atoms with Gasteiger partial charge in [0.2, 0.25) is 10.0 Å². The second-order valence-corrected chi connectivity index (χ2v) is 5.82. The van der Waals surface area contributed by atoms with Gasteiger partial charge in [0.25, 0.3) is 0 Å². The van der Waals surface area contributed by atoms with Gasteiger partial charge in [0.05, 0.1) is 5.75 Å². The van der Waals surface area contributed by atoms with Gasteiger partial charge in [0.1, 0.15) is 0 Å². The van der Waals surface area contributed by atoms with E-state index in [1.165, 1.54) is 0 Å². The molecule has 0 aliphatic carbocycles. The summed E-state index contributed by atoms with van der Waals surface area (Å²) in [6.45, 7) is 4.12. The second-order valence-electron chi connectivity index (χ2n) is 3.89. The summed E-state index contributed by atoms with van der Waals surface area (Å²) in [5.74, 6) is -0.449. The van der Waals surface area contributed by atoms with Crippen molar-refractivity contribution in [3.05, 3.63) is 0 Å². The molecule has 0 aliphatic rings. The van der Waals surface area contributed by atoms with Gasteiger partial charge in [-0.05, 0) is 18.8 Å². The Morgan fingerprint density at radius 3 is 2.47 bits per heavy atom. The number of carboxylic acid groups (broad SMARTS) is 1. The number of aliphatic carboxylic acids is 1. The van der Waals surface area contributed by atoms with E-state index >= 15 is 0 Å². The Bertz CT molecular complexity index is 284. The number of hydrogen-bond donors (Lipinski definition) is 2. The molecule has 6 heteroatoms. The molecule has 0 atom stereocenters. The maximum atomic E-state index is 11.3. The molecule has 0 spiro atoms. The van der Waals surface area contributed by atoms with Gasteiger partial charge in [0, 0.05) is 13.0 Å². The third-order valence-electron chi connectivity index (χ3n) is 1.85. The van der Waals surface area contributed by atoms with E-state index in [-0.39, 0.29) is 18.7 Å². The van der Waals surface area contributed by atoms with Crippen molar-refractivity contribution < 1.29 is 18.3 Å². The van der Waals surface area contributed by atoms with Crippen LogP contribution in [0.4, 0.5) is 0 Å². The van der Waals surface area contributed by atoms with Crippen molar-refractivity contribution in [3.8, 4) is 0 Å². The lowest BCUT2D eigenvalue weighted by Gasteiger charge is -2.07. The van der Waals surface area contributed by atoms with Gasteiger partial charge in [-0.3, -0.25) is 4.79 Å². The van der Waals surface area contributed by atoms with Crippen LogP contribution in [0.5, 0.6) is 0 Å². The molecule has 90 valence electrons. The molecule has 0 radical (unpaired) electrons. The molecule has 2 N–H and O–H groups in total. The van der Waals surface area contributed by atoms with Gasteiger partial charge in [-0.2, -0.15) is 0 Å². The average molecular weight is 237 g/mol. The molecule has 0 bridgehead atoms. The van der Waals surface area contributed by atoms with Crippen LogP contribution in [-0.2, 0) is 14.8 Å². The Morgan fingerprint density at radius 1 is 1.40 bits per heavy atom. The molecule has 0 aromatic heterocycles. The van der Waals surface area contributed by atoms with E-state index in [0.29, 0.717) is 18.8 Å². The summed E-state index contributed by atoms with van der Waals surface area (Å²) in [7, 11) is -3.22. The highest BCUT2D eigenvalue weighted by molar-refractivity contribution is 7.89. The molecule has 0 saturated heterocycles. The van der Waals surface area contributed by atoms with E-state index in [0.717, 1.165) is 0 Å². The lowest BCUT2D eigenvalue weighted by atomic mass is 10.2. The molecule has 0 rings (SSSR count). The Labute approximate surface area is 90.9 Å². The Kier molecular flexibility index (Phi) is 6.51. The van der Waals surface area contributed by atoms with Crippen molar-refractivity contribution in [3.63, 3.8) is 0 Å². The van der Waals surface area contributed by atoms with Crippen LogP contribution in [-0.4, -0.2) is 31.8 Å². The number of sulfonamides is 1. The predicted molar refractivity (Wildman–Crippen MR) is 58.1 cm³/mol. The van der Waals surface area contributed by atoms with Crippen molar-refractivity contribution in [1.82, 2.24) is 4.72 Å². The van der Waals surface area contributed by atoms with Crippen molar-refractivity contribution >= 4 is 16.0 Å². The first-order chi connectivity index (χ1) is 6.83. The molecular weight excluding hydrogens is 218 g/mol. The fraction of sp³-hybridized carbons (Fsp3) is 0.889. The van der Waals surface area contributed by atoms with Crippen LogP contribution in [0.2, 0.25) is 0 Å². The van der Waals surface area contributed by atoms with E-state index in [1.807, 2.05) is 13.8 Å². The van der Waals surface area contributed by atoms with E-state index in [9.17, 15) is 13.2 Å². The van der Waals surface area contributed by atoms with Crippen LogP contribution in [0.15, 0.2) is 0 Å². The van der Waals surface area contributed by atoms with Crippen LogP contribution in [0, 0.1) is 5.92 Å². The maximum absolute atomic E-state index is 11.3. The summed E-state index contributed by atoms with van der Waals surface area (Å²) in [5, 5.41) is 8.34. The Balaban J connectivity index is 3.70. The second kappa shape index (κ2) is 6.79. The SMILES string of the molecule is CC(C)CCS(=O)(=O)NCCCC(=O)O. The lowest BCUT2D eigenvalue weighted by Crippen LogP contribution is -2.28. The first kappa shape index (κ1) is 14.4. The number of hydrogen-bond acceptors (Lipinski definition) is 3. The van der Waals surface area contributed by atoms with E-state index in [1.54, 1.807) is 0 Å².